The molecule has 152 valence electrons. The molecule has 9 nitrogen and oxygen atoms in total. The molecule has 1 aromatic carbocycles. The largest absolute Gasteiger partial charge is 0.496 e. The van der Waals surface area contributed by atoms with Crippen LogP contribution in [-0.2, 0) is 4.74 Å². The molecule has 0 saturated heterocycles. The molecule has 0 bridgehead atoms. The van der Waals surface area contributed by atoms with Gasteiger partial charge in [-0.3, -0.25) is 14.7 Å². The summed E-state index contributed by atoms with van der Waals surface area (Å²) in [6, 6.07) is 5.02. The van der Waals surface area contributed by atoms with Gasteiger partial charge in [-0.2, -0.15) is 5.10 Å². The van der Waals surface area contributed by atoms with Gasteiger partial charge in [-0.1, -0.05) is 6.07 Å². The van der Waals surface area contributed by atoms with Crippen LogP contribution in [-0.4, -0.2) is 55.5 Å². The summed E-state index contributed by atoms with van der Waals surface area (Å²) in [6.45, 7) is 4.90. The molecular weight excluding hydrogens is 364 g/mol. The Morgan fingerprint density at radius 2 is 1.82 bits per heavy atom. The lowest BCUT2D eigenvalue weighted by molar-refractivity contribution is 0.0756. The molecule has 0 unspecified atom stereocenters. The zero-order valence-electron chi connectivity index (χ0n) is 16.5. The average Bonchev–Trinajstić information content (AvgIpc) is 3.14. The molecule has 0 atom stereocenters. The minimum absolute atomic E-state index is 0.150. The first-order chi connectivity index (χ1) is 13.5. The number of methoxy groups -OCH3 is 2. The standard InChI is InChI=1S/C19H26N4O5/c1-12(2)28-10-6-9-20-19(25)17-13(11-21-23-17)22-18(24)16-14(26-3)7-5-8-15(16)27-4/h5,7-8,11-12H,6,9-10H2,1-4H3,(H,20,25)(H,21,23)(H,22,24). The van der Waals surface area contributed by atoms with Crippen LogP contribution in [0.4, 0.5) is 5.69 Å². The van der Waals surface area contributed by atoms with Crippen LogP contribution in [0.2, 0.25) is 0 Å². The maximum atomic E-state index is 12.7. The van der Waals surface area contributed by atoms with Crippen molar-refractivity contribution in [1.82, 2.24) is 15.5 Å². The van der Waals surface area contributed by atoms with E-state index in [0.29, 0.717) is 31.1 Å². The van der Waals surface area contributed by atoms with Crippen molar-refractivity contribution in [3.63, 3.8) is 0 Å². The van der Waals surface area contributed by atoms with Crippen LogP contribution < -0.4 is 20.1 Å². The second kappa shape index (κ2) is 10.3. The Balaban J connectivity index is 2.04. The van der Waals surface area contributed by atoms with Gasteiger partial charge >= 0.3 is 0 Å². The summed E-state index contributed by atoms with van der Waals surface area (Å²) in [4.78, 5) is 25.1. The molecule has 1 heterocycles. The molecule has 0 aliphatic carbocycles. The molecule has 28 heavy (non-hydrogen) atoms. The summed E-state index contributed by atoms with van der Waals surface area (Å²) in [7, 11) is 2.93. The van der Waals surface area contributed by atoms with Crippen molar-refractivity contribution < 1.29 is 23.8 Å². The van der Waals surface area contributed by atoms with E-state index in [-0.39, 0.29) is 29.0 Å². The summed E-state index contributed by atoms with van der Waals surface area (Å²) in [5.74, 6) is -0.132. The summed E-state index contributed by atoms with van der Waals surface area (Å²) in [6.07, 6.45) is 2.20. The van der Waals surface area contributed by atoms with Gasteiger partial charge in [0.2, 0.25) is 0 Å². The van der Waals surface area contributed by atoms with Gasteiger partial charge in [0.05, 0.1) is 32.2 Å². The number of nitrogens with zero attached hydrogens (tertiary/aromatic N) is 1. The number of benzene rings is 1. The van der Waals surface area contributed by atoms with Gasteiger partial charge in [0, 0.05) is 13.2 Å². The van der Waals surface area contributed by atoms with E-state index in [0.717, 1.165) is 0 Å². The van der Waals surface area contributed by atoms with Crippen LogP contribution in [0, 0.1) is 0 Å². The highest BCUT2D eigenvalue weighted by Crippen LogP contribution is 2.29. The number of hydrogen-bond donors (Lipinski definition) is 3. The fourth-order valence-electron chi connectivity index (χ4n) is 2.50. The highest BCUT2D eigenvalue weighted by Gasteiger charge is 2.21. The normalized spacial score (nSPS) is 10.6. The van der Waals surface area contributed by atoms with Crippen molar-refractivity contribution in [2.24, 2.45) is 0 Å². The topological polar surface area (TPSA) is 115 Å². The zero-order valence-corrected chi connectivity index (χ0v) is 16.5. The Hall–Kier alpha value is -3.07. The molecule has 0 aliphatic rings. The predicted molar refractivity (Wildman–Crippen MR) is 104 cm³/mol. The van der Waals surface area contributed by atoms with Crippen molar-refractivity contribution in [1.29, 1.82) is 0 Å². The molecule has 0 spiro atoms. The molecule has 9 heteroatoms. The molecule has 2 rings (SSSR count). The van der Waals surface area contributed by atoms with E-state index in [4.69, 9.17) is 14.2 Å². The summed E-state index contributed by atoms with van der Waals surface area (Å²) in [5.41, 5.74) is 0.645. The van der Waals surface area contributed by atoms with Gasteiger partial charge in [-0.05, 0) is 32.4 Å². The molecule has 0 fully saturated rings. The Kier molecular flexibility index (Phi) is 7.82. The van der Waals surface area contributed by atoms with Gasteiger partial charge < -0.3 is 24.8 Å². The van der Waals surface area contributed by atoms with E-state index in [1.165, 1.54) is 20.4 Å². The Labute approximate surface area is 163 Å². The van der Waals surface area contributed by atoms with E-state index in [1.54, 1.807) is 18.2 Å². The van der Waals surface area contributed by atoms with E-state index in [2.05, 4.69) is 20.8 Å². The third-order valence-corrected chi connectivity index (χ3v) is 3.83. The zero-order chi connectivity index (χ0) is 20.5. The van der Waals surface area contributed by atoms with Crippen LogP contribution in [0.25, 0.3) is 0 Å². The number of carbonyl (C=O) groups is 2. The first kappa shape index (κ1) is 21.2. The monoisotopic (exact) mass is 390 g/mol. The van der Waals surface area contributed by atoms with Crippen molar-refractivity contribution in [3.05, 3.63) is 35.7 Å². The molecule has 0 saturated carbocycles. The second-order valence-corrected chi connectivity index (χ2v) is 6.18. The number of rotatable bonds is 10. The molecule has 2 amide bonds. The van der Waals surface area contributed by atoms with Gasteiger partial charge in [0.25, 0.3) is 11.8 Å². The second-order valence-electron chi connectivity index (χ2n) is 6.18. The highest BCUT2D eigenvalue weighted by molar-refractivity contribution is 6.10. The lowest BCUT2D eigenvalue weighted by atomic mass is 10.1. The fraction of sp³-hybridized carbons (Fsp3) is 0.421. The van der Waals surface area contributed by atoms with Gasteiger partial charge in [0.15, 0.2) is 0 Å². The minimum atomic E-state index is -0.477. The maximum Gasteiger partial charge on any atom is 0.271 e. The number of H-pyrrole nitrogens is 1. The van der Waals surface area contributed by atoms with Crippen LogP contribution in [0.5, 0.6) is 11.5 Å². The van der Waals surface area contributed by atoms with Gasteiger partial charge in [0.1, 0.15) is 22.8 Å². The Bertz CT molecular complexity index is 781. The fourth-order valence-corrected chi connectivity index (χ4v) is 2.50. The van der Waals surface area contributed by atoms with Gasteiger partial charge in [-0.25, -0.2) is 0 Å². The molecular formula is C19H26N4O5. The minimum Gasteiger partial charge on any atom is -0.496 e. The van der Waals surface area contributed by atoms with Crippen LogP contribution in [0.3, 0.4) is 0 Å². The predicted octanol–water partition coefficient (Wildman–Crippen LogP) is 2.22. The van der Waals surface area contributed by atoms with Crippen LogP contribution in [0.1, 0.15) is 41.1 Å². The lowest BCUT2D eigenvalue weighted by Crippen LogP contribution is -2.27. The highest BCUT2D eigenvalue weighted by atomic mass is 16.5. The van der Waals surface area contributed by atoms with Crippen molar-refractivity contribution in [2.45, 2.75) is 26.4 Å². The number of aromatic nitrogens is 2. The van der Waals surface area contributed by atoms with E-state index < -0.39 is 5.91 Å². The molecule has 1 aromatic heterocycles. The lowest BCUT2D eigenvalue weighted by Gasteiger charge is -2.13. The number of nitrogens with one attached hydrogen (secondary N) is 3. The molecule has 0 radical (unpaired) electrons. The number of hydrogen-bond acceptors (Lipinski definition) is 6. The molecule has 2 aromatic rings. The van der Waals surface area contributed by atoms with Crippen molar-refractivity contribution >= 4 is 17.5 Å². The summed E-state index contributed by atoms with van der Waals surface area (Å²) in [5, 5.41) is 11.9. The average molecular weight is 390 g/mol. The molecule has 0 aliphatic heterocycles. The number of ether oxygens (including phenoxy) is 3. The quantitative estimate of drug-likeness (QED) is 0.536. The smallest absolute Gasteiger partial charge is 0.271 e. The third-order valence-electron chi connectivity index (χ3n) is 3.83. The summed E-state index contributed by atoms with van der Waals surface area (Å²) < 4.78 is 15.9. The van der Waals surface area contributed by atoms with Crippen molar-refractivity contribution in [2.75, 3.05) is 32.7 Å². The Morgan fingerprint density at radius 1 is 1.14 bits per heavy atom. The first-order valence-electron chi connectivity index (χ1n) is 8.93. The van der Waals surface area contributed by atoms with Crippen molar-refractivity contribution in [3.8, 4) is 11.5 Å². The number of carbonyl (C=O) groups excluding carboxylic acids is 2. The number of anilines is 1. The van der Waals surface area contributed by atoms with Gasteiger partial charge in [-0.15, -0.1) is 0 Å². The van der Waals surface area contributed by atoms with Crippen LogP contribution in [0.15, 0.2) is 24.4 Å². The third kappa shape index (κ3) is 5.46. The first-order valence-corrected chi connectivity index (χ1v) is 8.93. The molecule has 3 N–H and O–H groups in total. The SMILES string of the molecule is COc1cccc(OC)c1C(=O)Nc1cn[nH]c1C(=O)NCCCOC(C)C. The van der Waals surface area contributed by atoms with E-state index in [9.17, 15) is 9.59 Å². The maximum absolute atomic E-state index is 12.7. The van der Waals surface area contributed by atoms with E-state index >= 15 is 0 Å². The number of aromatic amines is 1. The number of amides is 2. The van der Waals surface area contributed by atoms with E-state index in [1.807, 2.05) is 13.8 Å². The summed E-state index contributed by atoms with van der Waals surface area (Å²) >= 11 is 0. The Morgan fingerprint density at radius 3 is 2.43 bits per heavy atom. The van der Waals surface area contributed by atoms with Crippen LogP contribution >= 0.6 is 0 Å².